The van der Waals surface area contributed by atoms with Gasteiger partial charge in [-0.1, -0.05) is 45.0 Å². The van der Waals surface area contributed by atoms with Crippen LogP contribution in [-0.2, 0) is 6.61 Å². The fraction of sp³-hybridized carbons (Fsp3) is 0.444. The summed E-state index contributed by atoms with van der Waals surface area (Å²) in [5.41, 5.74) is 4.14. The number of fused-ring (bicyclic) bond motifs is 3. The Balaban J connectivity index is 1.55. The van der Waals surface area contributed by atoms with Crippen LogP contribution in [0.3, 0.4) is 0 Å². The summed E-state index contributed by atoms with van der Waals surface area (Å²) in [5.74, 6) is 1.30. The van der Waals surface area contributed by atoms with Gasteiger partial charge in [0, 0.05) is 31.2 Å². The molecular formula is C27H32N8O. The van der Waals surface area contributed by atoms with Gasteiger partial charge in [0.05, 0.1) is 12.1 Å². The number of benzene rings is 1. The fourth-order valence-corrected chi connectivity index (χ4v) is 5.53. The third-order valence-electron chi connectivity index (χ3n) is 7.48. The van der Waals surface area contributed by atoms with Gasteiger partial charge in [-0.25, -0.2) is 4.98 Å². The first-order valence-electron chi connectivity index (χ1n) is 12.7. The molecule has 0 saturated carbocycles. The number of piperazine rings is 1. The number of anilines is 1. The molecule has 3 aromatic heterocycles. The molecule has 9 nitrogen and oxygen atoms in total. The van der Waals surface area contributed by atoms with Gasteiger partial charge in [0.2, 0.25) is 0 Å². The average Bonchev–Trinajstić information content (AvgIpc) is 3.41. The maximum atomic E-state index is 9.52. The summed E-state index contributed by atoms with van der Waals surface area (Å²) >= 11 is 0. The lowest BCUT2D eigenvalue weighted by molar-refractivity contribution is 0.0896. The Morgan fingerprint density at radius 1 is 1.03 bits per heavy atom. The predicted molar refractivity (Wildman–Crippen MR) is 138 cm³/mol. The number of rotatable bonds is 7. The highest BCUT2D eigenvalue weighted by molar-refractivity contribution is 5.88. The van der Waals surface area contributed by atoms with E-state index in [2.05, 4.69) is 64.0 Å². The summed E-state index contributed by atoms with van der Waals surface area (Å²) in [4.78, 5) is 14.6. The summed E-state index contributed by atoms with van der Waals surface area (Å²) in [6.45, 7) is 8.46. The highest BCUT2D eigenvalue weighted by atomic mass is 16.3. The smallest absolute Gasteiger partial charge is 0.257 e. The van der Waals surface area contributed by atoms with Gasteiger partial charge in [-0.05, 0) is 42.5 Å². The van der Waals surface area contributed by atoms with Gasteiger partial charge in [-0.3, -0.25) is 9.30 Å². The highest BCUT2D eigenvalue weighted by Gasteiger charge is 2.37. The molecule has 1 aliphatic heterocycles. The second-order valence-electron chi connectivity index (χ2n) is 9.41. The summed E-state index contributed by atoms with van der Waals surface area (Å²) in [7, 11) is 0. The Morgan fingerprint density at radius 2 is 1.81 bits per heavy atom. The van der Waals surface area contributed by atoms with Gasteiger partial charge in [-0.15, -0.1) is 10.2 Å². The molecule has 1 aliphatic rings. The molecule has 36 heavy (non-hydrogen) atoms. The molecule has 9 heteroatoms. The largest absolute Gasteiger partial charge is 0.392 e. The van der Waals surface area contributed by atoms with Crippen LogP contribution in [0, 0.1) is 11.3 Å². The van der Waals surface area contributed by atoms with Crippen LogP contribution in [0.25, 0.3) is 16.8 Å². The van der Waals surface area contributed by atoms with Crippen LogP contribution in [0.5, 0.6) is 0 Å². The van der Waals surface area contributed by atoms with Crippen molar-refractivity contribution in [3.8, 4) is 6.07 Å². The zero-order chi connectivity index (χ0) is 25.2. The first-order chi connectivity index (χ1) is 17.6. The van der Waals surface area contributed by atoms with E-state index in [9.17, 15) is 10.4 Å². The van der Waals surface area contributed by atoms with E-state index in [1.807, 2.05) is 22.6 Å². The van der Waals surface area contributed by atoms with Gasteiger partial charge < -0.3 is 10.0 Å². The normalized spacial score (nSPS) is 19.6. The van der Waals surface area contributed by atoms with Gasteiger partial charge in [0.25, 0.3) is 5.78 Å². The maximum absolute atomic E-state index is 9.52. The molecule has 1 N–H and O–H groups in total. The summed E-state index contributed by atoms with van der Waals surface area (Å²) < 4.78 is 1.82. The summed E-state index contributed by atoms with van der Waals surface area (Å²) in [6, 6.07) is 15.0. The number of hydrogen-bond acceptors (Lipinski definition) is 8. The number of aliphatic hydroxyl groups excluding tert-OH is 1. The van der Waals surface area contributed by atoms with E-state index in [-0.39, 0.29) is 12.6 Å². The SMILES string of the molecule is CC[C@H]1CN([C@@H](CC)c2ccc(CO)cc2)[C@H](CC)CN1c1nc2nncn2c2ccc(C#N)nc12. The minimum absolute atomic E-state index is 0.0597. The quantitative estimate of drug-likeness (QED) is 0.421. The molecular weight excluding hydrogens is 452 g/mol. The third-order valence-corrected chi connectivity index (χ3v) is 7.48. The molecule has 4 heterocycles. The number of pyridine rings is 1. The second-order valence-corrected chi connectivity index (χ2v) is 9.41. The van der Waals surface area contributed by atoms with Crippen molar-refractivity contribution in [2.45, 2.75) is 64.8 Å². The fourth-order valence-electron chi connectivity index (χ4n) is 5.53. The van der Waals surface area contributed by atoms with Gasteiger partial charge in [0.15, 0.2) is 5.82 Å². The number of aliphatic hydroxyl groups is 1. The molecule has 0 unspecified atom stereocenters. The van der Waals surface area contributed by atoms with Crippen LogP contribution < -0.4 is 4.90 Å². The molecule has 5 rings (SSSR count). The number of hydrogen-bond donors (Lipinski definition) is 1. The molecule has 3 atom stereocenters. The Bertz CT molecular complexity index is 1390. The molecule has 1 aromatic carbocycles. The molecule has 0 bridgehead atoms. The van der Waals surface area contributed by atoms with E-state index in [0.29, 0.717) is 29.1 Å². The molecule has 0 radical (unpaired) electrons. The van der Waals surface area contributed by atoms with Crippen LogP contribution in [-0.4, -0.2) is 59.7 Å². The minimum atomic E-state index is 0.0597. The lowest BCUT2D eigenvalue weighted by atomic mass is 9.94. The number of aromatic nitrogens is 5. The molecule has 1 saturated heterocycles. The van der Waals surface area contributed by atoms with Crippen LogP contribution in [0.4, 0.5) is 5.82 Å². The lowest BCUT2D eigenvalue weighted by Gasteiger charge is -2.49. The van der Waals surface area contributed by atoms with E-state index < -0.39 is 0 Å². The zero-order valence-electron chi connectivity index (χ0n) is 21.0. The lowest BCUT2D eigenvalue weighted by Crippen LogP contribution is -2.59. The van der Waals surface area contributed by atoms with E-state index in [1.54, 1.807) is 12.4 Å². The first kappa shape index (κ1) is 24.1. The first-order valence-corrected chi connectivity index (χ1v) is 12.7. The van der Waals surface area contributed by atoms with Gasteiger partial charge in [0.1, 0.15) is 23.6 Å². The number of nitrogens with zero attached hydrogens (tertiary/aromatic N) is 8. The minimum Gasteiger partial charge on any atom is -0.392 e. The molecule has 186 valence electrons. The standard InChI is InChI=1S/C27H32N8O/c1-4-21-15-34(22(5-2)14-33(21)23(6-3)19-9-7-18(16-36)8-10-19)26-25-24(12-11-20(13-28)30-25)35-17-29-32-27(35)31-26/h7-12,17,21-23,36H,4-6,14-16H2,1-3H3/t21-,22+,23+/m1/s1. The Kier molecular flexibility index (Phi) is 6.81. The monoisotopic (exact) mass is 484 g/mol. The zero-order valence-corrected chi connectivity index (χ0v) is 21.0. The van der Waals surface area contributed by atoms with Crippen LogP contribution >= 0.6 is 0 Å². The van der Waals surface area contributed by atoms with Crippen LogP contribution in [0.1, 0.15) is 62.9 Å². The van der Waals surface area contributed by atoms with E-state index in [0.717, 1.165) is 49.2 Å². The molecule has 0 aliphatic carbocycles. The van der Waals surface area contributed by atoms with Crippen LogP contribution in [0.2, 0.25) is 0 Å². The highest BCUT2D eigenvalue weighted by Crippen LogP contribution is 2.35. The van der Waals surface area contributed by atoms with Crippen molar-refractivity contribution in [3.63, 3.8) is 0 Å². The number of nitriles is 1. The van der Waals surface area contributed by atoms with Crippen molar-refractivity contribution in [1.82, 2.24) is 29.5 Å². The van der Waals surface area contributed by atoms with E-state index in [4.69, 9.17) is 4.98 Å². The maximum Gasteiger partial charge on any atom is 0.257 e. The molecule has 1 fully saturated rings. The van der Waals surface area contributed by atoms with Gasteiger partial charge in [-0.2, -0.15) is 10.2 Å². The topological polar surface area (TPSA) is 106 Å². The van der Waals surface area contributed by atoms with E-state index in [1.165, 1.54) is 5.56 Å². The summed E-state index contributed by atoms with van der Waals surface area (Å²) in [5, 5.41) is 27.3. The van der Waals surface area contributed by atoms with Crippen molar-refractivity contribution in [3.05, 3.63) is 59.5 Å². The van der Waals surface area contributed by atoms with Crippen molar-refractivity contribution >= 4 is 22.6 Å². The summed E-state index contributed by atoms with van der Waals surface area (Å²) in [6.07, 6.45) is 4.59. The second kappa shape index (κ2) is 10.2. The third kappa shape index (κ3) is 4.16. The van der Waals surface area contributed by atoms with Crippen LogP contribution in [0.15, 0.2) is 42.7 Å². The molecule has 4 aromatic rings. The molecule has 0 spiro atoms. The Hall–Kier alpha value is -3.61. The Morgan fingerprint density at radius 3 is 2.47 bits per heavy atom. The van der Waals surface area contributed by atoms with Gasteiger partial charge >= 0.3 is 0 Å². The Labute approximate surface area is 211 Å². The predicted octanol–water partition coefficient (Wildman–Crippen LogP) is 3.87. The van der Waals surface area contributed by atoms with Crippen molar-refractivity contribution in [2.75, 3.05) is 18.0 Å². The molecule has 0 amide bonds. The van der Waals surface area contributed by atoms with Crippen molar-refractivity contribution < 1.29 is 5.11 Å². The van der Waals surface area contributed by atoms with E-state index >= 15 is 0 Å². The van der Waals surface area contributed by atoms with Crippen molar-refractivity contribution in [1.29, 1.82) is 5.26 Å². The average molecular weight is 485 g/mol. The van der Waals surface area contributed by atoms with Crippen molar-refractivity contribution in [2.24, 2.45) is 0 Å².